The van der Waals surface area contributed by atoms with Crippen LogP contribution in [0.3, 0.4) is 0 Å². The summed E-state index contributed by atoms with van der Waals surface area (Å²) in [6.07, 6.45) is 0.384. The number of ether oxygens (including phenoxy) is 1. The first-order valence-corrected chi connectivity index (χ1v) is 9.49. The fourth-order valence-electron chi connectivity index (χ4n) is 3.38. The van der Waals surface area contributed by atoms with E-state index in [0.717, 1.165) is 24.1 Å². The fourth-order valence-corrected chi connectivity index (χ4v) is 3.38. The van der Waals surface area contributed by atoms with Crippen molar-refractivity contribution in [3.63, 3.8) is 0 Å². The van der Waals surface area contributed by atoms with Gasteiger partial charge in [0, 0.05) is 19.6 Å². The Morgan fingerprint density at radius 1 is 1.20 bits per heavy atom. The summed E-state index contributed by atoms with van der Waals surface area (Å²) < 4.78 is 37.5. The molecule has 2 heterocycles. The third kappa shape index (κ3) is 4.69. The first-order chi connectivity index (χ1) is 14.6. The summed E-state index contributed by atoms with van der Waals surface area (Å²) in [7, 11) is 0. The number of hydrogen-bond acceptors (Lipinski definition) is 6. The highest BCUT2D eigenvalue weighted by Gasteiger charge is 2.30. The second kappa shape index (κ2) is 9.10. The number of morpholine rings is 1. The molecule has 9 heteroatoms. The molecule has 1 aliphatic rings. The van der Waals surface area contributed by atoms with E-state index in [4.69, 9.17) is 9.26 Å². The largest absolute Gasteiger partial charge is 0.366 e. The third-order valence-corrected chi connectivity index (χ3v) is 4.89. The molecule has 1 saturated heterocycles. The monoisotopic (exact) mass is 414 g/mol. The highest BCUT2D eigenvalue weighted by Crippen LogP contribution is 2.22. The van der Waals surface area contributed by atoms with Gasteiger partial charge in [-0.3, -0.25) is 9.69 Å². The van der Waals surface area contributed by atoms with Crippen molar-refractivity contribution in [2.24, 2.45) is 0 Å². The molecule has 2 aromatic carbocycles. The molecule has 0 saturated carbocycles. The Labute approximate surface area is 171 Å². The summed E-state index contributed by atoms with van der Waals surface area (Å²) >= 11 is 0. The summed E-state index contributed by atoms with van der Waals surface area (Å²) in [5.74, 6) is -2.28. The second-order valence-electron chi connectivity index (χ2n) is 6.98. The van der Waals surface area contributed by atoms with Crippen LogP contribution >= 0.6 is 0 Å². The zero-order chi connectivity index (χ0) is 20.9. The maximum atomic E-state index is 13.7. The van der Waals surface area contributed by atoms with Crippen LogP contribution in [0.2, 0.25) is 0 Å². The van der Waals surface area contributed by atoms with E-state index in [9.17, 15) is 13.6 Å². The minimum atomic E-state index is -1.03. The molecule has 0 aliphatic carbocycles. The van der Waals surface area contributed by atoms with Crippen LogP contribution in [0.5, 0.6) is 0 Å². The second-order valence-corrected chi connectivity index (χ2v) is 6.98. The van der Waals surface area contributed by atoms with Crippen molar-refractivity contribution in [1.82, 2.24) is 20.4 Å². The number of rotatable bonds is 6. The Hall–Kier alpha value is -3.17. The van der Waals surface area contributed by atoms with Crippen LogP contribution < -0.4 is 5.32 Å². The van der Waals surface area contributed by atoms with E-state index in [-0.39, 0.29) is 5.82 Å². The topological polar surface area (TPSA) is 80.5 Å². The van der Waals surface area contributed by atoms with Crippen molar-refractivity contribution >= 4 is 5.91 Å². The SMILES string of the molecule is O=C(N[C@@H](c1ccc(F)c(F)c1)c1ncon1)[C@@H]1CN(Cc2ccccc2)CCO1. The molecule has 2 atom stereocenters. The molecule has 0 bridgehead atoms. The molecule has 3 aromatic rings. The van der Waals surface area contributed by atoms with Crippen LogP contribution in [-0.2, 0) is 16.1 Å². The van der Waals surface area contributed by atoms with Gasteiger partial charge in [0.05, 0.1) is 6.61 Å². The van der Waals surface area contributed by atoms with Gasteiger partial charge in [-0.15, -0.1) is 0 Å². The van der Waals surface area contributed by atoms with Gasteiger partial charge in [0.25, 0.3) is 5.91 Å². The van der Waals surface area contributed by atoms with E-state index in [1.165, 1.54) is 6.07 Å². The Morgan fingerprint density at radius 2 is 2.03 bits per heavy atom. The molecule has 1 N–H and O–H groups in total. The van der Waals surface area contributed by atoms with Crippen molar-refractivity contribution in [3.05, 3.63) is 83.5 Å². The van der Waals surface area contributed by atoms with Crippen molar-refractivity contribution in [3.8, 4) is 0 Å². The highest BCUT2D eigenvalue weighted by molar-refractivity contribution is 5.82. The Kier molecular flexibility index (Phi) is 6.10. The van der Waals surface area contributed by atoms with Crippen LogP contribution in [0.15, 0.2) is 59.4 Å². The van der Waals surface area contributed by atoms with Gasteiger partial charge in [-0.05, 0) is 23.3 Å². The van der Waals surface area contributed by atoms with E-state index in [0.29, 0.717) is 31.8 Å². The normalized spacial score (nSPS) is 18.1. The van der Waals surface area contributed by atoms with Gasteiger partial charge in [-0.2, -0.15) is 4.98 Å². The maximum absolute atomic E-state index is 13.7. The number of halogens is 2. The predicted molar refractivity (Wildman–Crippen MR) is 102 cm³/mol. The van der Waals surface area contributed by atoms with Gasteiger partial charge in [0.15, 0.2) is 17.5 Å². The molecule has 1 fully saturated rings. The number of carbonyl (C=O) groups is 1. The Balaban J connectivity index is 1.47. The minimum absolute atomic E-state index is 0.131. The van der Waals surface area contributed by atoms with Crippen LogP contribution in [-0.4, -0.2) is 46.7 Å². The molecule has 0 radical (unpaired) electrons. The number of nitrogens with one attached hydrogen (secondary N) is 1. The molecule has 30 heavy (non-hydrogen) atoms. The summed E-state index contributed by atoms with van der Waals surface area (Å²) in [6.45, 7) is 2.21. The van der Waals surface area contributed by atoms with Gasteiger partial charge in [-0.1, -0.05) is 41.6 Å². The molecule has 7 nitrogen and oxygen atoms in total. The summed E-state index contributed by atoms with van der Waals surface area (Å²) in [5, 5.41) is 6.52. The number of aromatic nitrogens is 2. The zero-order valence-corrected chi connectivity index (χ0v) is 16.0. The Morgan fingerprint density at radius 3 is 2.77 bits per heavy atom. The van der Waals surface area contributed by atoms with Crippen molar-refractivity contribution < 1.29 is 22.8 Å². The number of amides is 1. The van der Waals surface area contributed by atoms with Crippen LogP contribution in [0.1, 0.15) is 23.0 Å². The number of carbonyl (C=O) groups excluding carboxylic acids is 1. The Bertz CT molecular complexity index is 985. The van der Waals surface area contributed by atoms with Crippen LogP contribution in [0.25, 0.3) is 0 Å². The van der Waals surface area contributed by atoms with Gasteiger partial charge in [-0.25, -0.2) is 8.78 Å². The van der Waals surface area contributed by atoms with Gasteiger partial charge in [0.2, 0.25) is 6.39 Å². The predicted octanol–water partition coefficient (Wildman–Crippen LogP) is 2.45. The van der Waals surface area contributed by atoms with Crippen molar-refractivity contribution in [2.45, 2.75) is 18.7 Å². The number of hydrogen-bond donors (Lipinski definition) is 1. The van der Waals surface area contributed by atoms with E-state index >= 15 is 0 Å². The highest BCUT2D eigenvalue weighted by atomic mass is 19.2. The van der Waals surface area contributed by atoms with Crippen molar-refractivity contribution in [2.75, 3.05) is 19.7 Å². The first-order valence-electron chi connectivity index (χ1n) is 9.49. The smallest absolute Gasteiger partial charge is 0.251 e. The van der Waals surface area contributed by atoms with Gasteiger partial charge in [0.1, 0.15) is 12.1 Å². The lowest BCUT2D eigenvalue weighted by molar-refractivity contribution is -0.139. The molecule has 156 valence electrons. The molecule has 0 unspecified atom stereocenters. The van der Waals surface area contributed by atoms with Crippen molar-refractivity contribution in [1.29, 1.82) is 0 Å². The number of benzene rings is 2. The average molecular weight is 414 g/mol. The van der Waals surface area contributed by atoms with Crippen LogP contribution in [0.4, 0.5) is 8.78 Å². The molecule has 1 aromatic heterocycles. The standard InChI is InChI=1S/C21H20F2N4O3/c22-16-7-6-15(10-17(16)23)19(20-24-13-30-26-20)25-21(28)18-12-27(8-9-29-18)11-14-4-2-1-3-5-14/h1-7,10,13,18-19H,8-9,11-12H2,(H,25,28)/t18-,19-/m0/s1. The molecule has 0 spiro atoms. The lowest BCUT2D eigenvalue weighted by atomic mass is 10.1. The van der Waals surface area contributed by atoms with Crippen LogP contribution in [0, 0.1) is 11.6 Å². The maximum Gasteiger partial charge on any atom is 0.251 e. The van der Waals surface area contributed by atoms with E-state index in [1.807, 2.05) is 30.3 Å². The molecular weight excluding hydrogens is 394 g/mol. The minimum Gasteiger partial charge on any atom is -0.366 e. The molecule has 1 amide bonds. The van der Waals surface area contributed by atoms with Gasteiger partial charge >= 0.3 is 0 Å². The lowest BCUT2D eigenvalue weighted by Gasteiger charge is -2.32. The van der Waals surface area contributed by atoms with E-state index in [2.05, 4.69) is 20.4 Å². The fraction of sp³-hybridized carbons (Fsp3) is 0.286. The molecule has 1 aliphatic heterocycles. The third-order valence-electron chi connectivity index (χ3n) is 4.89. The molecular formula is C21H20F2N4O3. The first kappa shape index (κ1) is 20.1. The summed E-state index contributed by atoms with van der Waals surface area (Å²) in [5.41, 5.74) is 1.44. The average Bonchev–Trinajstić information content (AvgIpc) is 3.29. The summed E-state index contributed by atoms with van der Waals surface area (Å²) in [4.78, 5) is 19.0. The number of nitrogens with zero attached hydrogens (tertiary/aromatic N) is 3. The summed E-state index contributed by atoms with van der Waals surface area (Å²) in [6, 6.07) is 12.4. The lowest BCUT2D eigenvalue weighted by Crippen LogP contribution is -2.50. The van der Waals surface area contributed by atoms with Gasteiger partial charge < -0.3 is 14.6 Å². The molecule has 4 rings (SSSR count). The quantitative estimate of drug-likeness (QED) is 0.668. The zero-order valence-electron chi connectivity index (χ0n) is 16.0. The van der Waals surface area contributed by atoms with E-state index < -0.39 is 29.7 Å². The van der Waals surface area contributed by atoms with E-state index in [1.54, 1.807) is 0 Å².